The molecule has 1 atom stereocenters. The van der Waals surface area contributed by atoms with Crippen molar-refractivity contribution in [3.05, 3.63) is 47.0 Å². The maximum absolute atomic E-state index is 12.7. The minimum Gasteiger partial charge on any atom is -0.341 e. The van der Waals surface area contributed by atoms with Crippen LogP contribution in [0, 0.1) is 5.41 Å². The summed E-state index contributed by atoms with van der Waals surface area (Å²) >= 11 is 6.11. The molecule has 2 aromatic rings. The van der Waals surface area contributed by atoms with Gasteiger partial charge in [0, 0.05) is 44.6 Å². The van der Waals surface area contributed by atoms with Gasteiger partial charge in [0.05, 0.1) is 17.6 Å². The average Bonchev–Trinajstić information content (AvgIpc) is 3.04. The molecule has 1 fully saturated rings. The summed E-state index contributed by atoms with van der Waals surface area (Å²) < 4.78 is 1.81. The fourth-order valence-electron chi connectivity index (χ4n) is 3.32. The van der Waals surface area contributed by atoms with Crippen molar-refractivity contribution in [2.45, 2.75) is 26.2 Å². The molecular weight excluding hydrogens is 312 g/mol. The van der Waals surface area contributed by atoms with E-state index in [0.717, 1.165) is 18.7 Å². The largest absolute Gasteiger partial charge is 0.341 e. The third kappa shape index (κ3) is 3.24. The molecule has 5 nitrogen and oxygen atoms in total. The van der Waals surface area contributed by atoms with E-state index in [0.29, 0.717) is 17.4 Å². The van der Waals surface area contributed by atoms with Crippen molar-refractivity contribution >= 4 is 17.5 Å². The average molecular weight is 333 g/mol. The molecule has 0 aromatic carbocycles. The SMILES string of the molecule is Cn1cc(C2CN(C(=O)Cc3ccncc3Cl)CC2(C)C)cn1. The number of halogens is 1. The molecule has 1 saturated heterocycles. The zero-order chi connectivity index (χ0) is 16.6. The number of carbonyl (C=O) groups is 1. The highest BCUT2D eigenvalue weighted by atomic mass is 35.5. The van der Waals surface area contributed by atoms with Crippen molar-refractivity contribution in [2.75, 3.05) is 13.1 Å². The van der Waals surface area contributed by atoms with E-state index in [-0.39, 0.29) is 11.3 Å². The highest BCUT2D eigenvalue weighted by molar-refractivity contribution is 6.31. The lowest BCUT2D eigenvalue weighted by Crippen LogP contribution is -2.31. The number of hydrogen-bond donors (Lipinski definition) is 0. The van der Waals surface area contributed by atoms with Gasteiger partial charge in [0.2, 0.25) is 5.91 Å². The van der Waals surface area contributed by atoms with Gasteiger partial charge in [-0.2, -0.15) is 5.10 Å². The van der Waals surface area contributed by atoms with Gasteiger partial charge in [0.25, 0.3) is 0 Å². The molecule has 3 heterocycles. The molecule has 0 spiro atoms. The van der Waals surface area contributed by atoms with Crippen LogP contribution in [0.2, 0.25) is 5.02 Å². The first kappa shape index (κ1) is 16.0. The van der Waals surface area contributed by atoms with Gasteiger partial charge in [-0.15, -0.1) is 0 Å². The van der Waals surface area contributed by atoms with Crippen molar-refractivity contribution in [2.24, 2.45) is 12.5 Å². The Morgan fingerprint density at radius 3 is 2.87 bits per heavy atom. The molecule has 6 heteroatoms. The van der Waals surface area contributed by atoms with Gasteiger partial charge in [-0.1, -0.05) is 25.4 Å². The molecule has 1 unspecified atom stereocenters. The smallest absolute Gasteiger partial charge is 0.227 e. The van der Waals surface area contributed by atoms with Crippen LogP contribution >= 0.6 is 11.6 Å². The Morgan fingerprint density at radius 2 is 2.22 bits per heavy atom. The summed E-state index contributed by atoms with van der Waals surface area (Å²) in [4.78, 5) is 18.6. The predicted molar refractivity (Wildman–Crippen MR) is 89.3 cm³/mol. The van der Waals surface area contributed by atoms with Gasteiger partial charge < -0.3 is 4.90 Å². The third-order valence-electron chi connectivity index (χ3n) is 4.62. The summed E-state index contributed by atoms with van der Waals surface area (Å²) in [5.41, 5.74) is 2.05. The quantitative estimate of drug-likeness (QED) is 0.868. The van der Waals surface area contributed by atoms with Crippen molar-refractivity contribution in [3.8, 4) is 0 Å². The summed E-state index contributed by atoms with van der Waals surface area (Å²) in [6.45, 7) is 5.88. The number of likely N-dealkylation sites (tertiary alicyclic amines) is 1. The Hall–Kier alpha value is -1.88. The number of amides is 1. The van der Waals surface area contributed by atoms with E-state index < -0.39 is 0 Å². The van der Waals surface area contributed by atoms with E-state index >= 15 is 0 Å². The number of nitrogens with zero attached hydrogens (tertiary/aromatic N) is 4. The first-order valence-electron chi connectivity index (χ1n) is 7.71. The van der Waals surface area contributed by atoms with Crippen LogP contribution in [-0.4, -0.2) is 38.7 Å². The number of carbonyl (C=O) groups excluding carboxylic acids is 1. The number of hydrogen-bond acceptors (Lipinski definition) is 3. The highest BCUT2D eigenvalue weighted by Gasteiger charge is 2.42. The molecular formula is C17H21ClN4O. The normalized spacial score (nSPS) is 20.0. The Balaban J connectivity index is 1.75. The molecule has 23 heavy (non-hydrogen) atoms. The third-order valence-corrected chi connectivity index (χ3v) is 4.96. The van der Waals surface area contributed by atoms with Crippen molar-refractivity contribution in [3.63, 3.8) is 0 Å². The molecule has 0 aliphatic carbocycles. The molecule has 0 saturated carbocycles. The maximum Gasteiger partial charge on any atom is 0.227 e. The molecule has 1 aliphatic heterocycles. The second-order valence-electron chi connectivity index (χ2n) is 6.91. The maximum atomic E-state index is 12.7. The van der Waals surface area contributed by atoms with E-state index in [9.17, 15) is 4.79 Å². The van der Waals surface area contributed by atoms with Gasteiger partial charge >= 0.3 is 0 Å². The van der Waals surface area contributed by atoms with Crippen LogP contribution in [0.3, 0.4) is 0 Å². The van der Waals surface area contributed by atoms with Crippen molar-refractivity contribution in [1.29, 1.82) is 0 Å². The van der Waals surface area contributed by atoms with Gasteiger partial charge in [-0.25, -0.2) is 0 Å². The van der Waals surface area contributed by atoms with Crippen LogP contribution in [0.5, 0.6) is 0 Å². The molecule has 122 valence electrons. The Kier molecular flexibility index (Phi) is 4.15. The predicted octanol–water partition coefficient (Wildman–Crippen LogP) is 2.66. The van der Waals surface area contributed by atoms with Gasteiger partial charge in [0.1, 0.15) is 0 Å². The van der Waals surface area contributed by atoms with Crippen LogP contribution < -0.4 is 0 Å². The standard InChI is InChI=1S/C17H21ClN4O/c1-17(2)11-22(10-14(17)13-7-20-21(3)9-13)16(23)6-12-4-5-19-8-15(12)18/h4-5,7-9,14H,6,10-11H2,1-3H3. The molecule has 1 aliphatic rings. The Labute approximate surface area is 141 Å². The Bertz CT molecular complexity index is 725. The number of pyridine rings is 1. The fourth-order valence-corrected chi connectivity index (χ4v) is 3.51. The van der Waals surface area contributed by atoms with Crippen LogP contribution in [0.15, 0.2) is 30.9 Å². The molecule has 0 radical (unpaired) electrons. The summed E-state index contributed by atoms with van der Waals surface area (Å²) in [6.07, 6.45) is 7.51. The molecule has 2 aromatic heterocycles. The zero-order valence-corrected chi connectivity index (χ0v) is 14.4. The van der Waals surface area contributed by atoms with Crippen LogP contribution in [0.4, 0.5) is 0 Å². The summed E-state index contributed by atoms with van der Waals surface area (Å²) in [5, 5.41) is 4.81. The summed E-state index contributed by atoms with van der Waals surface area (Å²) in [5.74, 6) is 0.408. The summed E-state index contributed by atoms with van der Waals surface area (Å²) in [7, 11) is 1.92. The van der Waals surface area contributed by atoms with Crippen LogP contribution in [0.25, 0.3) is 0 Å². The lowest BCUT2D eigenvalue weighted by atomic mass is 9.79. The first-order valence-corrected chi connectivity index (χ1v) is 8.09. The topological polar surface area (TPSA) is 51.0 Å². The lowest BCUT2D eigenvalue weighted by molar-refractivity contribution is -0.129. The van der Waals surface area contributed by atoms with E-state index in [4.69, 9.17) is 11.6 Å². The number of rotatable bonds is 3. The van der Waals surface area contributed by atoms with Gasteiger partial charge in [0.15, 0.2) is 0 Å². The monoisotopic (exact) mass is 332 g/mol. The zero-order valence-electron chi connectivity index (χ0n) is 13.7. The Morgan fingerprint density at radius 1 is 1.43 bits per heavy atom. The van der Waals surface area contributed by atoms with E-state index in [1.165, 1.54) is 5.56 Å². The molecule has 0 bridgehead atoms. The minimum absolute atomic E-state index is 0.0285. The summed E-state index contributed by atoms with van der Waals surface area (Å²) in [6, 6.07) is 1.81. The highest BCUT2D eigenvalue weighted by Crippen LogP contribution is 2.42. The fraction of sp³-hybridized carbons (Fsp3) is 0.471. The number of aromatic nitrogens is 3. The van der Waals surface area contributed by atoms with Crippen molar-refractivity contribution < 1.29 is 4.79 Å². The van der Waals surface area contributed by atoms with E-state index in [1.54, 1.807) is 18.5 Å². The molecule has 1 amide bonds. The van der Waals surface area contributed by atoms with Gasteiger partial charge in [-0.3, -0.25) is 14.5 Å². The second kappa shape index (κ2) is 5.96. The minimum atomic E-state index is 0.0285. The van der Waals surface area contributed by atoms with Crippen molar-refractivity contribution in [1.82, 2.24) is 19.7 Å². The van der Waals surface area contributed by atoms with Crippen LogP contribution in [0.1, 0.15) is 30.9 Å². The van der Waals surface area contributed by atoms with Crippen LogP contribution in [-0.2, 0) is 18.3 Å². The second-order valence-corrected chi connectivity index (χ2v) is 7.31. The number of aryl methyl sites for hydroxylation is 1. The molecule has 0 N–H and O–H groups in total. The van der Waals surface area contributed by atoms with E-state index in [2.05, 4.69) is 23.9 Å². The molecule has 3 rings (SSSR count). The van der Waals surface area contributed by atoms with E-state index in [1.807, 2.05) is 29.0 Å². The van der Waals surface area contributed by atoms with Gasteiger partial charge in [-0.05, 0) is 22.6 Å². The lowest BCUT2D eigenvalue weighted by Gasteiger charge is -2.24. The first-order chi connectivity index (χ1) is 10.9.